The number of aromatic nitrogens is 2. The van der Waals surface area contributed by atoms with E-state index in [1.54, 1.807) is 35.1 Å². The number of aryl methyl sites for hydroxylation is 1. The molecule has 0 radical (unpaired) electrons. The summed E-state index contributed by atoms with van der Waals surface area (Å²) in [6, 6.07) is 6.99. The lowest BCUT2D eigenvalue weighted by Gasteiger charge is -2.15. The zero-order chi connectivity index (χ0) is 17.6. The highest BCUT2D eigenvalue weighted by Gasteiger charge is 2.18. The van der Waals surface area contributed by atoms with E-state index in [1.807, 2.05) is 18.0 Å². The molecule has 1 aromatic heterocycles. The van der Waals surface area contributed by atoms with E-state index in [2.05, 4.69) is 10.4 Å². The largest absolute Gasteiger partial charge is 0.484 e. The predicted octanol–water partition coefficient (Wildman–Crippen LogP) is 1.83. The van der Waals surface area contributed by atoms with E-state index in [-0.39, 0.29) is 25.0 Å². The van der Waals surface area contributed by atoms with Crippen molar-refractivity contribution in [2.45, 2.75) is 26.3 Å². The number of hydrogen-bond acceptors (Lipinski definition) is 4. The second kappa shape index (κ2) is 7.83. The van der Waals surface area contributed by atoms with Crippen LogP contribution in [0.5, 0.6) is 5.75 Å². The van der Waals surface area contributed by atoms with E-state index in [4.69, 9.17) is 4.74 Å². The minimum Gasteiger partial charge on any atom is -0.484 e. The molecule has 0 spiro atoms. The minimum atomic E-state index is -0.152. The lowest BCUT2D eigenvalue weighted by atomic mass is 10.3. The third-order valence-electron chi connectivity index (χ3n) is 4.03. The molecule has 1 aromatic carbocycles. The summed E-state index contributed by atoms with van der Waals surface area (Å²) >= 11 is 0. The standard InChI is InChI=1S/C18H22N4O3/c1-14-10-19-22(11-14)12-17(23)20-15-4-6-16(7-5-15)25-13-18(24)21-8-2-3-9-21/h4-7,10-11H,2-3,8-9,12-13H2,1H3,(H,20,23). The Balaban J connectivity index is 1.46. The van der Waals surface area contributed by atoms with Crippen molar-refractivity contribution >= 4 is 17.5 Å². The van der Waals surface area contributed by atoms with Crippen LogP contribution in [0.4, 0.5) is 5.69 Å². The van der Waals surface area contributed by atoms with Gasteiger partial charge in [0, 0.05) is 25.0 Å². The lowest BCUT2D eigenvalue weighted by Crippen LogP contribution is -2.32. The molecule has 0 saturated carbocycles. The Labute approximate surface area is 146 Å². The Bertz CT molecular complexity index is 733. The Hall–Kier alpha value is -2.83. The van der Waals surface area contributed by atoms with Crippen LogP contribution in [0.15, 0.2) is 36.7 Å². The van der Waals surface area contributed by atoms with E-state index in [0.717, 1.165) is 31.5 Å². The first-order valence-corrected chi connectivity index (χ1v) is 8.40. The monoisotopic (exact) mass is 342 g/mol. The fourth-order valence-electron chi connectivity index (χ4n) is 2.74. The molecule has 1 saturated heterocycles. The molecule has 1 fully saturated rings. The van der Waals surface area contributed by atoms with Crippen LogP contribution in [0.1, 0.15) is 18.4 Å². The molecule has 132 valence electrons. The molecule has 0 aliphatic carbocycles. The van der Waals surface area contributed by atoms with Crippen LogP contribution in [0, 0.1) is 6.92 Å². The third kappa shape index (κ3) is 4.82. The first kappa shape index (κ1) is 17.0. The molecule has 0 bridgehead atoms. The van der Waals surface area contributed by atoms with Crippen LogP contribution >= 0.6 is 0 Å². The summed E-state index contributed by atoms with van der Waals surface area (Å²) in [6.07, 6.45) is 5.66. The first-order valence-electron chi connectivity index (χ1n) is 8.40. The highest BCUT2D eigenvalue weighted by Crippen LogP contribution is 2.16. The van der Waals surface area contributed by atoms with E-state index < -0.39 is 0 Å². The topological polar surface area (TPSA) is 76.5 Å². The molecule has 7 nitrogen and oxygen atoms in total. The van der Waals surface area contributed by atoms with Gasteiger partial charge in [-0.05, 0) is 49.6 Å². The molecular weight excluding hydrogens is 320 g/mol. The summed E-state index contributed by atoms with van der Waals surface area (Å²) in [6.45, 7) is 3.78. The van der Waals surface area contributed by atoms with E-state index >= 15 is 0 Å². The second-order valence-corrected chi connectivity index (χ2v) is 6.16. The average molecular weight is 342 g/mol. The number of benzene rings is 1. The predicted molar refractivity (Wildman–Crippen MR) is 93.3 cm³/mol. The van der Waals surface area contributed by atoms with Crippen molar-refractivity contribution in [3.05, 3.63) is 42.2 Å². The quantitative estimate of drug-likeness (QED) is 0.869. The summed E-state index contributed by atoms with van der Waals surface area (Å²) < 4.78 is 7.11. The number of hydrogen-bond donors (Lipinski definition) is 1. The minimum absolute atomic E-state index is 0.0180. The number of amides is 2. The second-order valence-electron chi connectivity index (χ2n) is 6.16. The molecule has 0 atom stereocenters. The van der Waals surface area contributed by atoms with Gasteiger partial charge in [0.15, 0.2) is 6.61 Å². The zero-order valence-corrected chi connectivity index (χ0v) is 14.3. The first-order chi connectivity index (χ1) is 12.1. The summed E-state index contributed by atoms with van der Waals surface area (Å²) in [5.74, 6) is 0.471. The number of carbonyl (C=O) groups excluding carboxylic acids is 2. The number of carbonyl (C=O) groups is 2. The average Bonchev–Trinajstić information content (AvgIpc) is 3.26. The van der Waals surface area contributed by atoms with Crippen LogP contribution in [-0.2, 0) is 16.1 Å². The summed E-state index contributed by atoms with van der Waals surface area (Å²) in [4.78, 5) is 25.8. The van der Waals surface area contributed by atoms with Gasteiger partial charge >= 0.3 is 0 Å². The van der Waals surface area contributed by atoms with E-state index in [9.17, 15) is 9.59 Å². The molecular formula is C18H22N4O3. The Kier molecular flexibility index (Phi) is 5.33. The molecule has 1 N–H and O–H groups in total. The lowest BCUT2D eigenvalue weighted by molar-refractivity contribution is -0.132. The number of nitrogens with zero attached hydrogens (tertiary/aromatic N) is 3. The van der Waals surface area contributed by atoms with Gasteiger partial charge in [-0.1, -0.05) is 0 Å². The Morgan fingerprint density at radius 3 is 2.56 bits per heavy atom. The SMILES string of the molecule is Cc1cnn(CC(=O)Nc2ccc(OCC(=O)N3CCCC3)cc2)c1. The number of anilines is 1. The molecule has 2 aromatic rings. The maximum Gasteiger partial charge on any atom is 0.260 e. The summed E-state index contributed by atoms with van der Waals surface area (Å²) in [5.41, 5.74) is 1.69. The zero-order valence-electron chi connectivity index (χ0n) is 14.3. The van der Waals surface area contributed by atoms with Crippen LogP contribution in [-0.4, -0.2) is 46.2 Å². The van der Waals surface area contributed by atoms with Crippen molar-refractivity contribution in [1.29, 1.82) is 0 Å². The van der Waals surface area contributed by atoms with Crippen molar-refractivity contribution in [2.75, 3.05) is 25.0 Å². The van der Waals surface area contributed by atoms with E-state index in [1.165, 1.54) is 0 Å². The number of ether oxygens (including phenoxy) is 1. The fourth-order valence-corrected chi connectivity index (χ4v) is 2.74. The van der Waals surface area contributed by atoms with Crippen molar-refractivity contribution in [3.8, 4) is 5.75 Å². The fraction of sp³-hybridized carbons (Fsp3) is 0.389. The molecule has 2 heterocycles. The van der Waals surface area contributed by atoms with Crippen molar-refractivity contribution < 1.29 is 14.3 Å². The smallest absolute Gasteiger partial charge is 0.260 e. The highest BCUT2D eigenvalue weighted by molar-refractivity contribution is 5.90. The van der Waals surface area contributed by atoms with Gasteiger partial charge in [0.25, 0.3) is 5.91 Å². The molecule has 1 aliphatic rings. The normalized spacial score (nSPS) is 13.7. The third-order valence-corrected chi connectivity index (χ3v) is 4.03. The van der Waals surface area contributed by atoms with Crippen LogP contribution in [0.2, 0.25) is 0 Å². The van der Waals surface area contributed by atoms with Gasteiger partial charge in [-0.25, -0.2) is 0 Å². The van der Waals surface area contributed by atoms with Crippen molar-refractivity contribution in [3.63, 3.8) is 0 Å². The Morgan fingerprint density at radius 2 is 1.92 bits per heavy atom. The molecule has 25 heavy (non-hydrogen) atoms. The number of rotatable bonds is 6. The maximum absolute atomic E-state index is 12.0. The van der Waals surface area contributed by atoms with Crippen LogP contribution in [0.25, 0.3) is 0 Å². The number of likely N-dealkylation sites (tertiary alicyclic amines) is 1. The molecule has 3 rings (SSSR count). The highest BCUT2D eigenvalue weighted by atomic mass is 16.5. The van der Waals surface area contributed by atoms with Gasteiger partial charge < -0.3 is 15.0 Å². The summed E-state index contributed by atoms with van der Waals surface area (Å²) in [5, 5.41) is 6.89. The molecule has 1 aliphatic heterocycles. The van der Waals surface area contributed by atoms with Crippen LogP contribution in [0.3, 0.4) is 0 Å². The van der Waals surface area contributed by atoms with Crippen molar-refractivity contribution in [2.24, 2.45) is 0 Å². The molecule has 2 amide bonds. The maximum atomic E-state index is 12.0. The van der Waals surface area contributed by atoms with Crippen molar-refractivity contribution in [1.82, 2.24) is 14.7 Å². The summed E-state index contributed by atoms with van der Waals surface area (Å²) in [7, 11) is 0. The van der Waals surface area contributed by atoms with Gasteiger partial charge in [0.1, 0.15) is 12.3 Å². The van der Waals surface area contributed by atoms with Crippen LogP contribution < -0.4 is 10.1 Å². The molecule has 0 unspecified atom stereocenters. The van der Waals surface area contributed by atoms with Gasteiger partial charge in [0.2, 0.25) is 5.91 Å². The molecule has 7 heteroatoms. The van der Waals surface area contributed by atoms with Gasteiger partial charge in [-0.15, -0.1) is 0 Å². The van der Waals surface area contributed by atoms with E-state index in [0.29, 0.717) is 11.4 Å². The Morgan fingerprint density at radius 1 is 1.20 bits per heavy atom. The van der Waals surface area contributed by atoms with Gasteiger partial charge in [-0.2, -0.15) is 5.10 Å². The number of nitrogens with one attached hydrogen (secondary N) is 1. The van der Waals surface area contributed by atoms with Gasteiger partial charge in [0.05, 0.1) is 6.20 Å². The van der Waals surface area contributed by atoms with Gasteiger partial charge in [-0.3, -0.25) is 14.3 Å².